The number of benzene rings is 1. The highest BCUT2D eigenvalue weighted by atomic mass is 16.5. The van der Waals surface area contributed by atoms with Gasteiger partial charge in [0.25, 0.3) is 0 Å². The van der Waals surface area contributed by atoms with Crippen LogP contribution in [0, 0.1) is 6.92 Å². The Balaban J connectivity index is 2.05. The summed E-state index contributed by atoms with van der Waals surface area (Å²) in [6.45, 7) is 1.89. The highest BCUT2D eigenvalue weighted by Crippen LogP contribution is 2.18. The summed E-state index contributed by atoms with van der Waals surface area (Å²) in [5, 5.41) is 0. The van der Waals surface area contributed by atoms with Crippen LogP contribution in [0.25, 0.3) is 0 Å². The molecule has 0 spiro atoms. The first-order chi connectivity index (χ1) is 10.1. The lowest BCUT2D eigenvalue weighted by Gasteiger charge is -2.06. The minimum Gasteiger partial charge on any atom is -0.494 e. The number of aromatic nitrogens is 1. The van der Waals surface area contributed by atoms with Crippen molar-refractivity contribution in [3.63, 3.8) is 0 Å². The zero-order chi connectivity index (χ0) is 15.2. The molecule has 4 nitrogen and oxygen atoms in total. The zero-order valence-corrected chi connectivity index (χ0v) is 12.1. The van der Waals surface area contributed by atoms with Crippen molar-refractivity contribution in [2.75, 3.05) is 7.11 Å². The minimum atomic E-state index is -0.186. The highest BCUT2D eigenvalue weighted by molar-refractivity contribution is 6.02. The molecule has 0 unspecified atom stereocenters. The van der Waals surface area contributed by atoms with Gasteiger partial charge >= 0.3 is 0 Å². The van der Waals surface area contributed by atoms with E-state index in [0.717, 1.165) is 5.56 Å². The van der Waals surface area contributed by atoms with Crippen molar-refractivity contribution in [2.24, 2.45) is 0 Å². The van der Waals surface area contributed by atoms with Crippen LogP contribution in [0.3, 0.4) is 0 Å². The lowest BCUT2D eigenvalue weighted by Crippen LogP contribution is -2.09. The number of pyridine rings is 1. The molecule has 0 aliphatic rings. The van der Waals surface area contributed by atoms with Crippen molar-refractivity contribution in [1.82, 2.24) is 4.98 Å². The molecule has 0 atom stereocenters. The van der Waals surface area contributed by atoms with Gasteiger partial charge in [0.15, 0.2) is 11.6 Å². The topological polar surface area (TPSA) is 56.3 Å². The number of rotatable bonds is 6. The van der Waals surface area contributed by atoms with Gasteiger partial charge in [0.1, 0.15) is 11.4 Å². The molecule has 0 amide bonds. The van der Waals surface area contributed by atoms with Gasteiger partial charge in [-0.15, -0.1) is 0 Å². The second-order valence-electron chi connectivity index (χ2n) is 4.72. The Kier molecular flexibility index (Phi) is 4.82. The van der Waals surface area contributed by atoms with Crippen molar-refractivity contribution >= 4 is 11.6 Å². The summed E-state index contributed by atoms with van der Waals surface area (Å²) in [5.74, 6) is 0.219. The predicted octanol–water partition coefficient (Wildman–Crippen LogP) is 3.24. The summed E-state index contributed by atoms with van der Waals surface area (Å²) in [6, 6.07) is 10.8. The van der Waals surface area contributed by atoms with E-state index in [-0.39, 0.29) is 30.1 Å². The van der Waals surface area contributed by atoms with Crippen molar-refractivity contribution in [3.05, 3.63) is 59.4 Å². The van der Waals surface area contributed by atoms with E-state index < -0.39 is 0 Å². The van der Waals surface area contributed by atoms with Crippen LogP contribution in [0.5, 0.6) is 5.75 Å². The highest BCUT2D eigenvalue weighted by Gasteiger charge is 2.16. The normalized spacial score (nSPS) is 10.2. The first kappa shape index (κ1) is 14.9. The number of Topliss-reactive ketones (excluding diaryl/α,β-unsaturated/α-hetero) is 2. The van der Waals surface area contributed by atoms with E-state index in [0.29, 0.717) is 11.3 Å². The van der Waals surface area contributed by atoms with E-state index >= 15 is 0 Å². The number of ketones is 2. The third-order valence-electron chi connectivity index (χ3n) is 3.28. The van der Waals surface area contributed by atoms with Gasteiger partial charge in [0.2, 0.25) is 0 Å². The lowest BCUT2D eigenvalue weighted by molar-refractivity contribution is 0.0912. The van der Waals surface area contributed by atoms with E-state index in [4.69, 9.17) is 4.74 Å². The Hall–Kier alpha value is -2.49. The number of methoxy groups -OCH3 is 1. The van der Waals surface area contributed by atoms with E-state index in [1.807, 2.05) is 25.1 Å². The van der Waals surface area contributed by atoms with Gasteiger partial charge < -0.3 is 4.74 Å². The van der Waals surface area contributed by atoms with Gasteiger partial charge in [-0.1, -0.05) is 24.3 Å². The summed E-state index contributed by atoms with van der Waals surface area (Å²) in [7, 11) is 1.49. The van der Waals surface area contributed by atoms with Gasteiger partial charge in [-0.3, -0.25) is 9.59 Å². The maximum Gasteiger partial charge on any atom is 0.185 e. The molecular weight excluding hydrogens is 266 g/mol. The Labute approximate surface area is 123 Å². The van der Waals surface area contributed by atoms with Gasteiger partial charge in [-0.25, -0.2) is 4.98 Å². The first-order valence-corrected chi connectivity index (χ1v) is 6.74. The van der Waals surface area contributed by atoms with Gasteiger partial charge in [0.05, 0.1) is 7.11 Å². The fourth-order valence-electron chi connectivity index (χ4n) is 2.13. The Morgan fingerprint density at radius 2 is 1.76 bits per heavy atom. The molecule has 0 bridgehead atoms. The number of aryl methyl sites for hydroxylation is 1. The molecule has 0 saturated heterocycles. The molecule has 4 heteroatoms. The molecule has 0 N–H and O–H groups in total. The van der Waals surface area contributed by atoms with E-state index in [9.17, 15) is 9.59 Å². The van der Waals surface area contributed by atoms with Crippen LogP contribution >= 0.6 is 0 Å². The second-order valence-corrected chi connectivity index (χ2v) is 4.72. The lowest BCUT2D eigenvalue weighted by atomic mass is 10.00. The number of carbonyl (C=O) groups excluding carboxylic acids is 2. The molecule has 2 rings (SSSR count). The minimum absolute atomic E-state index is 0.0312. The number of carbonyl (C=O) groups is 2. The summed E-state index contributed by atoms with van der Waals surface area (Å²) < 4.78 is 5.11. The summed E-state index contributed by atoms with van der Waals surface area (Å²) >= 11 is 0. The van der Waals surface area contributed by atoms with Crippen LogP contribution in [0.1, 0.15) is 39.3 Å². The van der Waals surface area contributed by atoms with Crippen LogP contribution in [0.4, 0.5) is 0 Å². The molecule has 0 radical (unpaired) electrons. The zero-order valence-electron chi connectivity index (χ0n) is 12.1. The number of hydrogen-bond acceptors (Lipinski definition) is 4. The fourth-order valence-corrected chi connectivity index (χ4v) is 2.13. The molecule has 1 aromatic heterocycles. The number of hydrogen-bond donors (Lipinski definition) is 0. The Morgan fingerprint density at radius 3 is 2.48 bits per heavy atom. The third-order valence-corrected chi connectivity index (χ3v) is 3.28. The van der Waals surface area contributed by atoms with Crippen molar-refractivity contribution in [2.45, 2.75) is 19.8 Å². The Bertz CT molecular complexity index is 665. The summed E-state index contributed by atoms with van der Waals surface area (Å²) in [4.78, 5) is 28.3. The maximum absolute atomic E-state index is 12.2. The quantitative estimate of drug-likeness (QED) is 0.764. The third kappa shape index (κ3) is 3.54. The number of nitrogens with zero attached hydrogens (tertiary/aromatic N) is 1. The molecule has 0 saturated carbocycles. The molecule has 1 heterocycles. The largest absolute Gasteiger partial charge is 0.494 e. The maximum atomic E-state index is 12.2. The van der Waals surface area contributed by atoms with Crippen LogP contribution in [0.2, 0.25) is 0 Å². The monoisotopic (exact) mass is 283 g/mol. The average Bonchev–Trinajstić information content (AvgIpc) is 2.52. The SMILES string of the molecule is COc1cccnc1C(=O)CCC(=O)c1ccccc1C. The van der Waals surface area contributed by atoms with Crippen molar-refractivity contribution in [1.29, 1.82) is 0 Å². The fraction of sp³-hybridized carbons (Fsp3) is 0.235. The van der Waals surface area contributed by atoms with E-state index in [2.05, 4.69) is 4.98 Å². The van der Waals surface area contributed by atoms with Gasteiger partial charge in [-0.05, 0) is 24.6 Å². The van der Waals surface area contributed by atoms with Crippen molar-refractivity contribution < 1.29 is 14.3 Å². The van der Waals surface area contributed by atoms with E-state index in [1.54, 1.807) is 24.4 Å². The first-order valence-electron chi connectivity index (χ1n) is 6.74. The molecular formula is C17H17NO3. The summed E-state index contributed by atoms with van der Waals surface area (Å²) in [6.07, 6.45) is 1.84. The van der Waals surface area contributed by atoms with Crippen molar-refractivity contribution in [3.8, 4) is 5.75 Å². The van der Waals surface area contributed by atoms with Crippen LogP contribution in [-0.4, -0.2) is 23.7 Å². The van der Waals surface area contributed by atoms with Gasteiger partial charge in [0, 0.05) is 24.6 Å². The summed E-state index contributed by atoms with van der Waals surface area (Å²) in [5.41, 5.74) is 1.86. The molecule has 21 heavy (non-hydrogen) atoms. The molecule has 0 aliphatic heterocycles. The number of ether oxygens (including phenoxy) is 1. The predicted molar refractivity (Wildman–Crippen MR) is 79.9 cm³/mol. The van der Waals surface area contributed by atoms with Crippen LogP contribution < -0.4 is 4.74 Å². The molecule has 0 aliphatic carbocycles. The van der Waals surface area contributed by atoms with Crippen LogP contribution in [0.15, 0.2) is 42.6 Å². The molecule has 0 fully saturated rings. The second kappa shape index (κ2) is 6.79. The van der Waals surface area contributed by atoms with Crippen LogP contribution in [-0.2, 0) is 0 Å². The molecule has 2 aromatic rings. The van der Waals surface area contributed by atoms with Gasteiger partial charge in [-0.2, -0.15) is 0 Å². The average molecular weight is 283 g/mol. The molecule has 1 aromatic carbocycles. The Morgan fingerprint density at radius 1 is 1.05 bits per heavy atom. The van der Waals surface area contributed by atoms with E-state index in [1.165, 1.54) is 7.11 Å². The standard InChI is InChI=1S/C17H17NO3/c1-12-6-3-4-7-13(12)14(19)9-10-15(20)17-16(21-2)8-5-11-18-17/h3-8,11H,9-10H2,1-2H3. The smallest absolute Gasteiger partial charge is 0.185 e. The molecule has 108 valence electrons.